The van der Waals surface area contributed by atoms with Gasteiger partial charge in [-0.2, -0.15) is 0 Å². The van der Waals surface area contributed by atoms with Crippen LogP contribution in [-0.4, -0.2) is 49.4 Å². The molecular weight excluding hydrogens is 537 g/mol. The van der Waals surface area contributed by atoms with Crippen LogP contribution in [0, 0.1) is 0 Å². The van der Waals surface area contributed by atoms with Gasteiger partial charge in [-0.3, -0.25) is 4.40 Å². The summed E-state index contributed by atoms with van der Waals surface area (Å²) in [6.07, 6.45) is 1.01. The fraction of sp³-hybridized carbons (Fsp3) is 0.304. The van der Waals surface area contributed by atoms with E-state index in [2.05, 4.69) is 15.3 Å². The predicted octanol–water partition coefficient (Wildman–Crippen LogP) is 6.34. The number of alkyl halides is 2. The van der Waals surface area contributed by atoms with Gasteiger partial charge in [-0.15, -0.1) is 0 Å². The zero-order chi connectivity index (χ0) is 25.8. The van der Waals surface area contributed by atoms with Gasteiger partial charge in [0.2, 0.25) is 5.95 Å². The van der Waals surface area contributed by atoms with Crippen molar-refractivity contribution in [1.29, 1.82) is 0 Å². The minimum absolute atomic E-state index is 0.0517. The molecule has 0 spiro atoms. The Labute approximate surface area is 218 Å². The number of hydrogen-bond acceptors (Lipinski definition) is 6. The summed E-state index contributed by atoms with van der Waals surface area (Å²) in [5.41, 5.74) is 1.68. The summed E-state index contributed by atoms with van der Waals surface area (Å²) in [6, 6.07) is 5.96. The van der Waals surface area contributed by atoms with Crippen LogP contribution in [0.4, 0.5) is 20.4 Å². The molecule has 1 fully saturated rings. The molecule has 1 aliphatic rings. The number of halogens is 5. The van der Waals surface area contributed by atoms with Gasteiger partial charge in [-0.1, -0.05) is 34.8 Å². The standard InChI is InChI=1S/C23H19Cl3F2N6O2/c1-11(29-15-2-3-16(25)30-19(15)21(35)36)13-8-12(24)9-14-18(13)32-22(34-10-17(26)31-20(14)34)33-6-4-23(27,28)5-7-33/h2-3,8-11,29H,4-7H2,1H3,(H,35,36). The van der Waals surface area contributed by atoms with E-state index in [0.29, 0.717) is 33.1 Å². The maximum atomic E-state index is 13.8. The van der Waals surface area contributed by atoms with Gasteiger partial charge in [0.15, 0.2) is 11.3 Å². The number of pyridine rings is 1. The van der Waals surface area contributed by atoms with Crippen molar-refractivity contribution in [1.82, 2.24) is 19.4 Å². The van der Waals surface area contributed by atoms with Gasteiger partial charge in [0.1, 0.15) is 10.3 Å². The summed E-state index contributed by atoms with van der Waals surface area (Å²) >= 11 is 18.6. The number of piperidine rings is 1. The van der Waals surface area contributed by atoms with Crippen molar-refractivity contribution in [3.8, 4) is 0 Å². The first kappa shape index (κ1) is 24.7. The molecule has 2 N–H and O–H groups in total. The van der Waals surface area contributed by atoms with Gasteiger partial charge in [0.25, 0.3) is 5.92 Å². The number of nitrogens with one attached hydrogen (secondary N) is 1. The Balaban J connectivity index is 1.64. The van der Waals surface area contributed by atoms with E-state index in [4.69, 9.17) is 39.8 Å². The maximum Gasteiger partial charge on any atom is 0.356 e. The second-order valence-electron chi connectivity index (χ2n) is 8.60. The fourth-order valence-corrected chi connectivity index (χ4v) is 4.93. The molecule has 4 heterocycles. The molecular formula is C23H19Cl3F2N6O2. The monoisotopic (exact) mass is 554 g/mol. The minimum Gasteiger partial charge on any atom is -0.476 e. The Morgan fingerprint density at radius 2 is 1.83 bits per heavy atom. The van der Waals surface area contributed by atoms with Gasteiger partial charge in [-0.05, 0) is 31.2 Å². The van der Waals surface area contributed by atoms with Crippen LogP contribution in [-0.2, 0) is 0 Å². The van der Waals surface area contributed by atoms with Crippen molar-refractivity contribution < 1.29 is 18.7 Å². The van der Waals surface area contributed by atoms with Crippen molar-refractivity contribution in [3.63, 3.8) is 0 Å². The Morgan fingerprint density at radius 3 is 2.53 bits per heavy atom. The third-order valence-corrected chi connectivity index (χ3v) is 6.74. The average Bonchev–Trinajstić information content (AvgIpc) is 3.21. The van der Waals surface area contributed by atoms with Gasteiger partial charge in [-0.25, -0.2) is 28.5 Å². The molecule has 1 aromatic carbocycles. The van der Waals surface area contributed by atoms with Crippen molar-refractivity contribution in [3.05, 3.63) is 57.0 Å². The van der Waals surface area contributed by atoms with Crippen molar-refractivity contribution in [2.45, 2.75) is 31.7 Å². The number of nitrogens with zero attached hydrogens (tertiary/aromatic N) is 5. The van der Waals surface area contributed by atoms with Crippen LogP contribution in [0.3, 0.4) is 0 Å². The largest absolute Gasteiger partial charge is 0.476 e. The van der Waals surface area contributed by atoms with E-state index in [1.807, 2.05) is 6.92 Å². The highest BCUT2D eigenvalue weighted by Crippen LogP contribution is 2.36. The molecule has 1 aliphatic heterocycles. The highest BCUT2D eigenvalue weighted by Gasteiger charge is 2.35. The number of fused-ring (bicyclic) bond motifs is 3. The van der Waals surface area contributed by atoms with Gasteiger partial charge in [0, 0.05) is 41.9 Å². The minimum atomic E-state index is -2.72. The Hall–Kier alpha value is -2.95. The van der Waals surface area contributed by atoms with E-state index < -0.39 is 17.9 Å². The topological polar surface area (TPSA) is 95.6 Å². The van der Waals surface area contributed by atoms with Crippen molar-refractivity contribution >= 4 is 69.0 Å². The van der Waals surface area contributed by atoms with E-state index in [1.165, 1.54) is 12.1 Å². The van der Waals surface area contributed by atoms with Gasteiger partial charge >= 0.3 is 5.97 Å². The van der Waals surface area contributed by atoms with Crippen molar-refractivity contribution in [2.24, 2.45) is 0 Å². The van der Waals surface area contributed by atoms with Crippen molar-refractivity contribution in [2.75, 3.05) is 23.3 Å². The first-order chi connectivity index (χ1) is 17.0. The molecule has 0 aliphatic carbocycles. The number of aromatic carboxylic acids is 1. The molecule has 3 aromatic heterocycles. The lowest BCUT2D eigenvalue weighted by Crippen LogP contribution is -2.40. The van der Waals surface area contributed by atoms with E-state index >= 15 is 0 Å². The van der Waals surface area contributed by atoms with Crippen LogP contribution in [0.25, 0.3) is 16.6 Å². The molecule has 1 unspecified atom stereocenters. The number of carboxylic acids is 1. The molecule has 0 saturated carbocycles. The zero-order valence-corrected chi connectivity index (χ0v) is 21.0. The summed E-state index contributed by atoms with van der Waals surface area (Å²) in [7, 11) is 0. The van der Waals surface area contributed by atoms with Crippen LogP contribution in [0.15, 0.2) is 30.5 Å². The van der Waals surface area contributed by atoms with E-state index in [1.54, 1.807) is 27.6 Å². The third-order valence-electron chi connectivity index (χ3n) is 6.13. The molecule has 36 heavy (non-hydrogen) atoms. The predicted molar refractivity (Wildman–Crippen MR) is 135 cm³/mol. The molecule has 1 atom stereocenters. The molecule has 188 valence electrons. The summed E-state index contributed by atoms with van der Waals surface area (Å²) < 4.78 is 29.3. The summed E-state index contributed by atoms with van der Waals surface area (Å²) in [4.78, 5) is 26.7. The lowest BCUT2D eigenvalue weighted by atomic mass is 10.0. The number of benzene rings is 1. The Kier molecular flexibility index (Phi) is 6.30. The number of anilines is 2. The first-order valence-corrected chi connectivity index (χ1v) is 12.1. The summed E-state index contributed by atoms with van der Waals surface area (Å²) in [5, 5.41) is 14.0. The lowest BCUT2D eigenvalue weighted by molar-refractivity contribution is -0.0222. The number of aromatic nitrogens is 4. The SMILES string of the molecule is CC(Nc1ccc(Cl)nc1C(=O)O)c1cc(Cl)cc2c1nc(N1CCC(F)(F)CC1)n1cc(Cl)nc21. The van der Waals surface area contributed by atoms with Gasteiger partial charge < -0.3 is 15.3 Å². The second-order valence-corrected chi connectivity index (χ2v) is 9.82. The number of carboxylic acid groups (broad SMARTS) is 1. The zero-order valence-electron chi connectivity index (χ0n) is 18.8. The molecule has 0 radical (unpaired) electrons. The average molecular weight is 556 g/mol. The number of rotatable bonds is 5. The highest BCUT2D eigenvalue weighted by atomic mass is 35.5. The molecule has 13 heteroatoms. The number of imidazole rings is 1. The van der Waals surface area contributed by atoms with Crippen LogP contribution in [0.1, 0.15) is 41.9 Å². The highest BCUT2D eigenvalue weighted by molar-refractivity contribution is 6.32. The molecule has 0 bridgehead atoms. The molecule has 5 rings (SSSR count). The van der Waals surface area contributed by atoms with Crippen LogP contribution in [0.2, 0.25) is 15.3 Å². The van der Waals surface area contributed by atoms with E-state index in [-0.39, 0.29) is 47.6 Å². The molecule has 8 nitrogen and oxygen atoms in total. The normalized spacial score (nSPS) is 16.4. The summed E-state index contributed by atoms with van der Waals surface area (Å²) in [6.45, 7) is 2.05. The number of hydrogen-bond donors (Lipinski definition) is 2. The second kappa shape index (κ2) is 9.17. The molecule has 1 saturated heterocycles. The van der Waals surface area contributed by atoms with E-state index in [0.717, 1.165) is 0 Å². The Bertz CT molecular complexity index is 1500. The lowest BCUT2D eigenvalue weighted by Gasteiger charge is -2.33. The summed E-state index contributed by atoms with van der Waals surface area (Å²) in [5.74, 6) is -3.52. The smallest absolute Gasteiger partial charge is 0.356 e. The maximum absolute atomic E-state index is 13.8. The quantitative estimate of drug-likeness (QED) is 0.277. The first-order valence-electron chi connectivity index (χ1n) is 11.0. The van der Waals surface area contributed by atoms with Crippen LogP contribution < -0.4 is 10.2 Å². The van der Waals surface area contributed by atoms with Crippen LogP contribution >= 0.6 is 34.8 Å². The molecule has 4 aromatic rings. The van der Waals surface area contributed by atoms with Crippen LogP contribution in [0.5, 0.6) is 0 Å². The molecule has 0 amide bonds. The van der Waals surface area contributed by atoms with Gasteiger partial charge in [0.05, 0.1) is 23.4 Å². The Morgan fingerprint density at radius 1 is 1.11 bits per heavy atom. The van der Waals surface area contributed by atoms with E-state index in [9.17, 15) is 18.7 Å². The third kappa shape index (κ3) is 4.60. The number of carbonyl (C=O) groups is 1. The fourth-order valence-electron chi connectivity index (χ4n) is 4.38.